The van der Waals surface area contributed by atoms with Gasteiger partial charge in [-0.15, -0.1) is 0 Å². The quantitative estimate of drug-likeness (QED) is 0.216. The Morgan fingerprint density at radius 2 is 1.74 bits per heavy atom. The second-order valence-corrected chi connectivity index (χ2v) is 10.2. The molecule has 2 rings (SSSR count). The Balaban J connectivity index is 2.32. The standard InChI is InChI=1S/C18H24N6O9S2/c1-11(25)32-10-13-6-5-12(9-20-34(4,27)28)7-14(13)35(29,30)24-18(26)23-17-21-15(31-3)8-16(22-17)33-19-2/h5-8,19-20H,9-10H2,1-4H3,(H2,21,22,23,24,26). The van der Waals surface area contributed by atoms with E-state index in [-0.39, 0.29) is 35.4 Å². The van der Waals surface area contributed by atoms with E-state index in [1.807, 2.05) is 0 Å². The van der Waals surface area contributed by atoms with Crippen molar-refractivity contribution >= 4 is 38.0 Å². The number of amides is 2. The minimum Gasteiger partial charge on any atom is -0.481 e. The van der Waals surface area contributed by atoms with Crippen LogP contribution in [0.25, 0.3) is 0 Å². The number of esters is 1. The van der Waals surface area contributed by atoms with Crippen LogP contribution in [-0.2, 0) is 42.7 Å². The number of anilines is 1. The lowest BCUT2D eigenvalue weighted by atomic mass is 10.1. The minimum atomic E-state index is -4.53. The first kappa shape index (κ1) is 27.7. The molecule has 0 radical (unpaired) electrons. The number of hydrogen-bond donors (Lipinski definition) is 4. The first-order valence-electron chi connectivity index (χ1n) is 9.63. The molecule has 17 heteroatoms. The Kier molecular flexibility index (Phi) is 9.29. The van der Waals surface area contributed by atoms with Gasteiger partial charge < -0.3 is 14.3 Å². The molecule has 0 aliphatic heterocycles. The Morgan fingerprint density at radius 1 is 1.06 bits per heavy atom. The molecule has 1 aromatic heterocycles. The van der Waals surface area contributed by atoms with Crippen LogP contribution >= 0.6 is 0 Å². The average molecular weight is 533 g/mol. The highest BCUT2D eigenvalue weighted by molar-refractivity contribution is 7.90. The van der Waals surface area contributed by atoms with E-state index >= 15 is 0 Å². The number of ether oxygens (including phenoxy) is 2. The van der Waals surface area contributed by atoms with Crippen LogP contribution in [-0.4, -0.2) is 59.2 Å². The molecule has 0 aliphatic carbocycles. The van der Waals surface area contributed by atoms with Crippen LogP contribution < -0.4 is 29.8 Å². The van der Waals surface area contributed by atoms with E-state index in [0.717, 1.165) is 19.2 Å². The fourth-order valence-electron chi connectivity index (χ4n) is 2.50. The molecule has 192 valence electrons. The Hall–Kier alpha value is -3.54. The first-order valence-corrected chi connectivity index (χ1v) is 13.0. The summed E-state index contributed by atoms with van der Waals surface area (Å²) in [6.45, 7) is 0.522. The number of carbonyl (C=O) groups excluding carboxylic acids is 2. The smallest absolute Gasteiger partial charge is 0.335 e. The second kappa shape index (κ2) is 11.7. The summed E-state index contributed by atoms with van der Waals surface area (Å²) in [4.78, 5) is 36.0. The predicted octanol–water partition coefficient (Wildman–Crippen LogP) is -0.379. The van der Waals surface area contributed by atoms with E-state index in [4.69, 9.17) is 14.3 Å². The second-order valence-electron chi connectivity index (χ2n) is 6.75. The van der Waals surface area contributed by atoms with Crippen molar-refractivity contribution in [3.8, 4) is 11.8 Å². The maximum absolute atomic E-state index is 13.0. The Morgan fingerprint density at radius 3 is 2.34 bits per heavy atom. The lowest BCUT2D eigenvalue weighted by Crippen LogP contribution is -2.35. The topological polar surface area (TPSA) is 204 Å². The molecular formula is C18H24N6O9S2. The molecule has 1 heterocycles. The first-order chi connectivity index (χ1) is 16.3. The third-order valence-electron chi connectivity index (χ3n) is 3.94. The zero-order chi connectivity index (χ0) is 26.2. The van der Waals surface area contributed by atoms with E-state index < -0.39 is 43.5 Å². The molecule has 0 unspecified atom stereocenters. The highest BCUT2D eigenvalue weighted by Crippen LogP contribution is 2.20. The summed E-state index contributed by atoms with van der Waals surface area (Å²) in [6, 6.07) is 4.03. The van der Waals surface area contributed by atoms with Crippen molar-refractivity contribution < 1.29 is 40.7 Å². The van der Waals surface area contributed by atoms with Crippen molar-refractivity contribution in [1.82, 2.24) is 24.9 Å². The van der Waals surface area contributed by atoms with Crippen molar-refractivity contribution in [2.45, 2.75) is 25.0 Å². The zero-order valence-electron chi connectivity index (χ0n) is 19.1. The van der Waals surface area contributed by atoms with Crippen molar-refractivity contribution in [3.05, 3.63) is 35.4 Å². The molecule has 4 N–H and O–H groups in total. The number of nitrogens with one attached hydrogen (secondary N) is 4. The van der Waals surface area contributed by atoms with Gasteiger partial charge in [0.25, 0.3) is 10.0 Å². The van der Waals surface area contributed by atoms with Crippen LogP contribution in [0.4, 0.5) is 10.7 Å². The molecule has 0 aliphatic rings. The molecule has 0 spiro atoms. The van der Waals surface area contributed by atoms with Crippen molar-refractivity contribution in [2.24, 2.45) is 0 Å². The maximum atomic E-state index is 13.0. The molecule has 2 aromatic rings. The van der Waals surface area contributed by atoms with Gasteiger partial charge in [0.05, 0.1) is 24.3 Å². The Labute approximate surface area is 201 Å². The summed E-state index contributed by atoms with van der Waals surface area (Å²) < 4.78 is 62.6. The van der Waals surface area contributed by atoms with Crippen LogP contribution in [0, 0.1) is 0 Å². The Bertz CT molecular complexity index is 1300. The summed E-state index contributed by atoms with van der Waals surface area (Å²) in [7, 11) is -5.31. The predicted molar refractivity (Wildman–Crippen MR) is 121 cm³/mol. The molecule has 0 atom stereocenters. The van der Waals surface area contributed by atoms with Gasteiger partial charge in [0.2, 0.25) is 27.7 Å². The fraction of sp³-hybridized carbons (Fsp3) is 0.333. The normalized spacial score (nSPS) is 11.4. The molecule has 0 fully saturated rings. The number of rotatable bonds is 11. The van der Waals surface area contributed by atoms with Gasteiger partial charge in [-0.05, 0) is 11.6 Å². The number of nitrogens with zero attached hydrogens (tertiary/aromatic N) is 2. The third kappa shape index (κ3) is 8.96. The van der Waals surface area contributed by atoms with Crippen LogP contribution in [0.2, 0.25) is 0 Å². The number of sulfonamides is 2. The molecular weight excluding hydrogens is 508 g/mol. The van der Waals surface area contributed by atoms with Gasteiger partial charge in [0.1, 0.15) is 6.61 Å². The summed E-state index contributed by atoms with van der Waals surface area (Å²) in [6.07, 6.45) is 0.944. The van der Waals surface area contributed by atoms with E-state index in [0.29, 0.717) is 0 Å². The minimum absolute atomic E-state index is 0.0211. The van der Waals surface area contributed by atoms with Crippen molar-refractivity contribution in [2.75, 3.05) is 25.7 Å². The van der Waals surface area contributed by atoms with Crippen molar-refractivity contribution in [3.63, 3.8) is 0 Å². The number of methoxy groups -OCH3 is 1. The number of urea groups is 1. The number of aromatic nitrogens is 2. The summed E-state index contributed by atoms with van der Waals surface area (Å²) in [5.41, 5.74) is 2.70. The van der Waals surface area contributed by atoms with Crippen LogP contribution in [0.15, 0.2) is 29.2 Å². The van der Waals surface area contributed by atoms with Gasteiger partial charge in [0.15, 0.2) is 0 Å². The molecule has 2 amide bonds. The molecule has 15 nitrogen and oxygen atoms in total. The third-order valence-corrected chi connectivity index (χ3v) is 6.02. The monoisotopic (exact) mass is 532 g/mol. The molecule has 0 bridgehead atoms. The van der Waals surface area contributed by atoms with Gasteiger partial charge in [-0.1, -0.05) is 12.1 Å². The number of benzene rings is 1. The molecule has 0 saturated heterocycles. The van der Waals surface area contributed by atoms with E-state index in [1.54, 1.807) is 4.72 Å². The van der Waals surface area contributed by atoms with Crippen LogP contribution in [0.3, 0.4) is 0 Å². The lowest BCUT2D eigenvalue weighted by molar-refractivity contribution is -0.142. The summed E-state index contributed by atoms with van der Waals surface area (Å²) in [5, 5.41) is 2.15. The maximum Gasteiger partial charge on any atom is 0.335 e. The number of hydrogen-bond acceptors (Lipinski definition) is 12. The van der Waals surface area contributed by atoms with E-state index in [2.05, 4.69) is 25.5 Å². The SMILES string of the molecule is CNOc1cc(OC)nc(NC(=O)NS(=O)(=O)c2cc(CNS(C)(=O)=O)ccc2COC(C)=O)n1. The zero-order valence-corrected chi connectivity index (χ0v) is 20.7. The van der Waals surface area contributed by atoms with Gasteiger partial charge >= 0.3 is 12.0 Å². The van der Waals surface area contributed by atoms with Crippen molar-refractivity contribution in [1.29, 1.82) is 0 Å². The van der Waals surface area contributed by atoms with Gasteiger partial charge in [-0.2, -0.15) is 15.4 Å². The van der Waals surface area contributed by atoms with E-state index in [9.17, 15) is 26.4 Å². The average Bonchev–Trinajstić information content (AvgIpc) is 2.75. The molecule has 1 aromatic carbocycles. The lowest BCUT2D eigenvalue weighted by Gasteiger charge is -2.14. The highest BCUT2D eigenvalue weighted by atomic mass is 32.2. The van der Waals surface area contributed by atoms with Crippen LogP contribution in [0.1, 0.15) is 18.1 Å². The van der Waals surface area contributed by atoms with E-state index in [1.165, 1.54) is 32.4 Å². The number of carbonyl (C=O) groups is 2. The largest absolute Gasteiger partial charge is 0.481 e. The molecule has 35 heavy (non-hydrogen) atoms. The summed E-state index contributed by atoms with van der Waals surface area (Å²) in [5.74, 6) is -0.976. The highest BCUT2D eigenvalue weighted by Gasteiger charge is 2.23. The summed E-state index contributed by atoms with van der Waals surface area (Å²) >= 11 is 0. The fourth-order valence-corrected chi connectivity index (χ4v) is 4.11. The number of hydroxylamine groups is 1. The molecule has 0 saturated carbocycles. The van der Waals surface area contributed by atoms with Gasteiger partial charge in [-0.25, -0.2) is 31.1 Å². The van der Waals surface area contributed by atoms with Gasteiger partial charge in [0, 0.05) is 26.1 Å². The van der Waals surface area contributed by atoms with Gasteiger partial charge in [-0.3, -0.25) is 10.1 Å². The van der Waals surface area contributed by atoms with Crippen LogP contribution in [0.5, 0.6) is 11.8 Å².